The van der Waals surface area contributed by atoms with E-state index in [1.165, 1.54) is 81.0 Å². The lowest BCUT2D eigenvalue weighted by Crippen LogP contribution is -2.44. The van der Waals surface area contributed by atoms with Gasteiger partial charge in [-0.15, -0.1) is 11.3 Å². The molecule has 3 aliphatic rings. The summed E-state index contributed by atoms with van der Waals surface area (Å²) in [6.45, 7) is 6.28. The Labute approximate surface area is 283 Å². The van der Waals surface area contributed by atoms with E-state index >= 15 is 0 Å². The fraction of sp³-hybridized carbons (Fsp3) is 0.0667. The standard InChI is InChI=1S/C45H29ClS/c1-3-14-29-39(4-2)47-40-26-25-30-41-37(23-13-24-38(41)46)45(43(30)42(29)40)35-21-11-9-19-33(35)44(34-20-10-12-22-36(34)45)31-17-7-5-15-27(31)28-16-6-8-18-32(28)44/h3-26H,1H2,2H3/b29-14+,39-4+. The summed E-state index contributed by atoms with van der Waals surface area (Å²) in [5.41, 5.74) is 14.5. The van der Waals surface area contributed by atoms with Gasteiger partial charge in [-0.05, 0) is 80.3 Å². The molecule has 2 spiro atoms. The van der Waals surface area contributed by atoms with Crippen LogP contribution in [0.3, 0.4) is 0 Å². The number of thiophene rings is 1. The van der Waals surface area contributed by atoms with Crippen molar-refractivity contribution in [1.82, 2.24) is 0 Å². The molecule has 3 aliphatic carbocycles. The van der Waals surface area contributed by atoms with Gasteiger partial charge in [0.2, 0.25) is 0 Å². The van der Waals surface area contributed by atoms with Crippen LogP contribution in [0.4, 0.5) is 0 Å². The maximum Gasteiger partial charge on any atom is 0.0727 e. The molecule has 1 heterocycles. The molecular weight excluding hydrogens is 608 g/mol. The minimum absolute atomic E-state index is 0.464. The molecule has 222 valence electrons. The van der Waals surface area contributed by atoms with Crippen LogP contribution in [-0.4, -0.2) is 0 Å². The first-order valence-corrected chi connectivity index (χ1v) is 17.4. The predicted molar refractivity (Wildman–Crippen MR) is 199 cm³/mol. The molecule has 0 radical (unpaired) electrons. The number of allylic oxidation sites excluding steroid dienone is 1. The van der Waals surface area contributed by atoms with E-state index in [0.717, 1.165) is 10.6 Å². The molecule has 0 nitrogen and oxygen atoms in total. The van der Waals surface area contributed by atoms with Crippen molar-refractivity contribution in [3.05, 3.63) is 199 Å². The number of rotatable bonds is 1. The van der Waals surface area contributed by atoms with Crippen LogP contribution in [0, 0.1) is 0 Å². The lowest BCUT2D eigenvalue weighted by Gasteiger charge is -2.49. The molecule has 2 heteroatoms. The average molecular weight is 637 g/mol. The van der Waals surface area contributed by atoms with Gasteiger partial charge >= 0.3 is 0 Å². The van der Waals surface area contributed by atoms with Gasteiger partial charge in [0.15, 0.2) is 0 Å². The third-order valence-electron chi connectivity index (χ3n) is 11.0. The second-order valence-electron chi connectivity index (χ2n) is 12.8. The Morgan fingerprint density at radius 3 is 1.68 bits per heavy atom. The summed E-state index contributed by atoms with van der Waals surface area (Å²) in [5.74, 6) is 0. The number of hydrogen-bond donors (Lipinski definition) is 0. The van der Waals surface area contributed by atoms with Crippen LogP contribution in [0.5, 0.6) is 0 Å². The van der Waals surface area contributed by atoms with E-state index in [9.17, 15) is 0 Å². The van der Waals surface area contributed by atoms with Crippen LogP contribution in [-0.2, 0) is 10.8 Å². The largest absolute Gasteiger partial charge is 0.136 e. The monoisotopic (exact) mass is 636 g/mol. The van der Waals surface area contributed by atoms with Crippen molar-refractivity contribution in [1.29, 1.82) is 0 Å². The SMILES string of the molecule is C=C/C=c1\c(=C/C)sc2ccc3c(c12)C1(c2ccccc2C2(c4ccccc4-c4ccccc42)c2ccccc21)c1cccc(Cl)c1-3. The topological polar surface area (TPSA) is 0 Å². The highest BCUT2D eigenvalue weighted by atomic mass is 35.5. The number of hydrogen-bond acceptors (Lipinski definition) is 1. The van der Waals surface area contributed by atoms with Crippen molar-refractivity contribution in [3.63, 3.8) is 0 Å². The summed E-state index contributed by atoms with van der Waals surface area (Å²) in [7, 11) is 0. The van der Waals surface area contributed by atoms with Crippen molar-refractivity contribution >= 4 is 45.2 Å². The Morgan fingerprint density at radius 2 is 1.11 bits per heavy atom. The molecule has 0 atom stereocenters. The molecule has 1 aromatic heterocycles. The zero-order valence-corrected chi connectivity index (χ0v) is 27.4. The van der Waals surface area contributed by atoms with Gasteiger partial charge in [0.25, 0.3) is 0 Å². The smallest absolute Gasteiger partial charge is 0.0727 e. The first-order chi connectivity index (χ1) is 23.2. The predicted octanol–water partition coefficient (Wildman–Crippen LogP) is 10.4. The highest BCUT2D eigenvalue weighted by molar-refractivity contribution is 7.17. The Balaban J connectivity index is 1.49. The summed E-state index contributed by atoms with van der Waals surface area (Å²) in [5, 5.41) is 3.31. The Morgan fingerprint density at radius 1 is 0.574 bits per heavy atom. The molecular formula is C45H29ClS. The van der Waals surface area contributed by atoms with Gasteiger partial charge in [-0.2, -0.15) is 0 Å². The van der Waals surface area contributed by atoms with Crippen LogP contribution in [0.25, 0.3) is 44.5 Å². The van der Waals surface area contributed by atoms with Crippen molar-refractivity contribution in [2.45, 2.75) is 17.8 Å². The molecule has 0 unspecified atom stereocenters. The van der Waals surface area contributed by atoms with E-state index in [2.05, 4.69) is 153 Å². The van der Waals surface area contributed by atoms with Crippen LogP contribution in [0.15, 0.2) is 140 Å². The Bertz CT molecular complexity index is 2540. The molecule has 0 fully saturated rings. The highest BCUT2D eigenvalue weighted by Crippen LogP contribution is 2.68. The average Bonchev–Trinajstić information content (AvgIpc) is 3.73. The van der Waals surface area contributed by atoms with Crippen LogP contribution in [0.1, 0.15) is 51.4 Å². The quantitative estimate of drug-likeness (QED) is 0.168. The number of fused-ring (bicyclic) bond motifs is 18. The minimum atomic E-state index is -0.587. The van der Waals surface area contributed by atoms with Crippen LogP contribution >= 0.6 is 22.9 Å². The molecule has 0 amide bonds. The molecule has 0 saturated heterocycles. The zero-order valence-electron chi connectivity index (χ0n) is 25.8. The van der Waals surface area contributed by atoms with Gasteiger partial charge in [-0.25, -0.2) is 0 Å². The molecule has 0 N–H and O–H groups in total. The second-order valence-corrected chi connectivity index (χ2v) is 14.3. The fourth-order valence-corrected chi connectivity index (χ4v) is 10.9. The van der Waals surface area contributed by atoms with Gasteiger partial charge in [0.1, 0.15) is 0 Å². The van der Waals surface area contributed by atoms with E-state index < -0.39 is 10.8 Å². The molecule has 10 rings (SSSR count). The third-order valence-corrected chi connectivity index (χ3v) is 12.5. The van der Waals surface area contributed by atoms with Crippen LogP contribution < -0.4 is 9.75 Å². The van der Waals surface area contributed by atoms with E-state index in [-0.39, 0.29) is 0 Å². The zero-order chi connectivity index (χ0) is 31.5. The fourth-order valence-electron chi connectivity index (χ4n) is 9.51. The molecule has 7 aromatic rings. The Hall–Kier alpha value is -4.95. The van der Waals surface area contributed by atoms with E-state index in [1.807, 2.05) is 17.4 Å². The summed E-state index contributed by atoms with van der Waals surface area (Å²) in [6, 6.07) is 47.7. The maximum atomic E-state index is 7.27. The van der Waals surface area contributed by atoms with Crippen LogP contribution in [0.2, 0.25) is 5.02 Å². The third kappa shape index (κ3) is 3.06. The Kier molecular flexibility index (Phi) is 5.52. The minimum Gasteiger partial charge on any atom is -0.136 e. The summed E-state index contributed by atoms with van der Waals surface area (Å²) in [6.07, 6.45) is 6.36. The molecule has 0 bridgehead atoms. The summed E-state index contributed by atoms with van der Waals surface area (Å²) < 4.78 is 2.54. The van der Waals surface area contributed by atoms with Gasteiger partial charge in [-0.1, -0.05) is 152 Å². The first kappa shape index (κ1) is 27.2. The first-order valence-electron chi connectivity index (χ1n) is 16.2. The van der Waals surface area contributed by atoms with Crippen molar-refractivity contribution in [2.75, 3.05) is 0 Å². The van der Waals surface area contributed by atoms with Gasteiger partial charge in [-0.3, -0.25) is 0 Å². The lowest BCUT2D eigenvalue weighted by molar-refractivity contribution is 0.635. The second kappa shape index (κ2) is 9.55. The van der Waals surface area contributed by atoms with Gasteiger partial charge < -0.3 is 0 Å². The van der Waals surface area contributed by atoms with Crippen molar-refractivity contribution in [3.8, 4) is 22.3 Å². The molecule has 0 aliphatic heterocycles. The highest BCUT2D eigenvalue weighted by Gasteiger charge is 2.59. The lowest BCUT2D eigenvalue weighted by atomic mass is 9.52. The van der Waals surface area contributed by atoms with E-state index in [0.29, 0.717) is 0 Å². The molecule has 47 heavy (non-hydrogen) atoms. The van der Waals surface area contributed by atoms with Crippen molar-refractivity contribution < 1.29 is 0 Å². The van der Waals surface area contributed by atoms with E-state index in [1.54, 1.807) is 0 Å². The normalized spacial score (nSPS) is 16.1. The maximum absolute atomic E-state index is 7.27. The van der Waals surface area contributed by atoms with Crippen molar-refractivity contribution in [2.24, 2.45) is 0 Å². The number of benzene rings is 6. The van der Waals surface area contributed by atoms with Gasteiger partial charge in [0.05, 0.1) is 10.8 Å². The van der Waals surface area contributed by atoms with Gasteiger partial charge in [0, 0.05) is 30.4 Å². The summed E-state index contributed by atoms with van der Waals surface area (Å²) in [4.78, 5) is 0. The summed E-state index contributed by atoms with van der Waals surface area (Å²) >= 11 is 9.12. The number of halogens is 1. The molecule has 6 aromatic carbocycles. The van der Waals surface area contributed by atoms with E-state index in [4.69, 9.17) is 11.6 Å². The molecule has 0 saturated carbocycles.